The molecule has 0 fully saturated rings. The van der Waals surface area contributed by atoms with Crippen molar-refractivity contribution < 1.29 is 22.7 Å². The highest BCUT2D eigenvalue weighted by molar-refractivity contribution is 7.92. The van der Waals surface area contributed by atoms with Crippen LogP contribution in [0.3, 0.4) is 0 Å². The molecule has 22 heavy (non-hydrogen) atoms. The minimum atomic E-state index is -3.63. The van der Waals surface area contributed by atoms with Crippen molar-refractivity contribution in [1.29, 1.82) is 0 Å². The second kappa shape index (κ2) is 8.00. The van der Waals surface area contributed by atoms with Gasteiger partial charge in [-0.25, -0.2) is 8.42 Å². The van der Waals surface area contributed by atoms with Crippen molar-refractivity contribution in [2.75, 3.05) is 37.9 Å². The zero-order valence-electron chi connectivity index (χ0n) is 13.2. The molecule has 0 aliphatic heterocycles. The van der Waals surface area contributed by atoms with Crippen LogP contribution < -0.4 is 14.4 Å². The summed E-state index contributed by atoms with van der Waals surface area (Å²) in [7, 11) is -0.660. The third kappa shape index (κ3) is 5.19. The fourth-order valence-corrected chi connectivity index (χ4v) is 2.82. The van der Waals surface area contributed by atoms with Crippen LogP contribution in [0.5, 0.6) is 5.75 Å². The maximum atomic E-state index is 12.0. The van der Waals surface area contributed by atoms with E-state index in [1.54, 1.807) is 31.2 Å². The average Bonchev–Trinajstić information content (AvgIpc) is 2.43. The van der Waals surface area contributed by atoms with Gasteiger partial charge in [0.15, 0.2) is 0 Å². The molecule has 124 valence electrons. The van der Waals surface area contributed by atoms with Crippen LogP contribution >= 0.6 is 0 Å². The summed E-state index contributed by atoms with van der Waals surface area (Å²) in [6.45, 7) is 1.79. The molecule has 0 unspecified atom stereocenters. The van der Waals surface area contributed by atoms with E-state index in [1.165, 1.54) is 14.2 Å². The molecule has 0 saturated heterocycles. The van der Waals surface area contributed by atoms with Gasteiger partial charge in [0.2, 0.25) is 15.9 Å². The molecular formula is C14H22N2O5S. The highest BCUT2D eigenvalue weighted by Crippen LogP contribution is 2.29. The number of nitrogens with one attached hydrogen (secondary N) is 1. The highest BCUT2D eigenvalue weighted by atomic mass is 32.2. The molecule has 1 aromatic carbocycles. The number of sulfonamides is 1. The minimum absolute atomic E-state index is 0.212. The summed E-state index contributed by atoms with van der Waals surface area (Å²) in [6.07, 6.45) is 1.05. The first kappa shape index (κ1) is 18.2. The van der Waals surface area contributed by atoms with E-state index in [4.69, 9.17) is 9.47 Å². The van der Waals surface area contributed by atoms with Gasteiger partial charge in [-0.1, -0.05) is 12.1 Å². The van der Waals surface area contributed by atoms with Crippen molar-refractivity contribution in [3.63, 3.8) is 0 Å². The van der Waals surface area contributed by atoms with E-state index in [2.05, 4.69) is 5.32 Å². The molecule has 1 rings (SSSR count). The first-order valence-electron chi connectivity index (χ1n) is 6.68. The molecule has 0 bridgehead atoms. The molecule has 8 heteroatoms. The van der Waals surface area contributed by atoms with Gasteiger partial charge < -0.3 is 14.8 Å². The lowest BCUT2D eigenvalue weighted by Crippen LogP contribution is -2.44. The molecule has 1 amide bonds. The third-order valence-corrected chi connectivity index (χ3v) is 3.99. The molecule has 0 spiro atoms. The zero-order chi connectivity index (χ0) is 16.8. The largest absolute Gasteiger partial charge is 0.495 e. The SMILES string of the molecule is COC[C@@H](C)NC(=O)CN(c1ccccc1OC)S(C)(=O)=O. The van der Waals surface area contributed by atoms with Crippen molar-refractivity contribution in [1.82, 2.24) is 5.32 Å². The van der Waals surface area contributed by atoms with E-state index < -0.39 is 15.9 Å². The van der Waals surface area contributed by atoms with Crippen molar-refractivity contribution >= 4 is 21.6 Å². The van der Waals surface area contributed by atoms with Gasteiger partial charge in [0.1, 0.15) is 12.3 Å². The lowest BCUT2D eigenvalue weighted by molar-refractivity contribution is -0.120. The zero-order valence-corrected chi connectivity index (χ0v) is 14.0. The van der Waals surface area contributed by atoms with Crippen LogP contribution in [0.15, 0.2) is 24.3 Å². The van der Waals surface area contributed by atoms with Gasteiger partial charge in [-0.2, -0.15) is 0 Å². The van der Waals surface area contributed by atoms with Crippen LogP contribution in [0.25, 0.3) is 0 Å². The number of hydrogen-bond acceptors (Lipinski definition) is 5. The second-order valence-electron chi connectivity index (χ2n) is 4.87. The molecule has 0 radical (unpaired) electrons. The monoisotopic (exact) mass is 330 g/mol. The van der Waals surface area contributed by atoms with Crippen LogP contribution in [0, 0.1) is 0 Å². The quantitative estimate of drug-likeness (QED) is 0.755. The minimum Gasteiger partial charge on any atom is -0.495 e. The summed E-state index contributed by atoms with van der Waals surface area (Å²) >= 11 is 0. The Hall–Kier alpha value is -1.80. The lowest BCUT2D eigenvalue weighted by atomic mass is 10.3. The Balaban J connectivity index is 2.99. The van der Waals surface area contributed by atoms with Crippen LogP contribution in [0.1, 0.15) is 6.92 Å². The summed E-state index contributed by atoms with van der Waals surface area (Å²) < 4.78 is 35.1. The number of anilines is 1. The Morgan fingerprint density at radius 3 is 2.50 bits per heavy atom. The van der Waals surface area contributed by atoms with Gasteiger partial charge in [-0.15, -0.1) is 0 Å². The normalized spacial score (nSPS) is 12.5. The van der Waals surface area contributed by atoms with E-state index in [9.17, 15) is 13.2 Å². The number of benzene rings is 1. The summed E-state index contributed by atoms with van der Waals surface area (Å²) in [6, 6.07) is 6.42. The number of para-hydroxylation sites is 2. The summed E-state index contributed by atoms with van der Waals surface area (Å²) in [5, 5.41) is 2.68. The summed E-state index contributed by atoms with van der Waals surface area (Å²) in [4.78, 5) is 12.0. The Kier molecular flexibility index (Phi) is 6.63. The maximum Gasteiger partial charge on any atom is 0.241 e. The predicted molar refractivity (Wildman–Crippen MR) is 84.7 cm³/mol. The van der Waals surface area contributed by atoms with Crippen LogP contribution in [0.4, 0.5) is 5.69 Å². The smallest absolute Gasteiger partial charge is 0.241 e. The van der Waals surface area contributed by atoms with Crippen LogP contribution in [-0.2, 0) is 19.6 Å². The van der Waals surface area contributed by atoms with E-state index in [1.807, 2.05) is 0 Å². The fourth-order valence-electron chi connectivity index (χ4n) is 1.96. The number of ether oxygens (including phenoxy) is 2. The molecule has 0 aliphatic rings. The predicted octanol–water partition coefficient (Wildman–Crippen LogP) is 0.612. The summed E-state index contributed by atoms with van der Waals surface area (Å²) in [5.41, 5.74) is 0.321. The molecule has 7 nitrogen and oxygen atoms in total. The molecule has 0 heterocycles. The number of carbonyl (C=O) groups is 1. The molecule has 0 aromatic heterocycles. The number of carbonyl (C=O) groups excluding carboxylic acids is 1. The van der Waals surface area contributed by atoms with Crippen molar-refractivity contribution in [3.8, 4) is 5.75 Å². The highest BCUT2D eigenvalue weighted by Gasteiger charge is 2.24. The van der Waals surface area contributed by atoms with Crippen molar-refractivity contribution in [2.45, 2.75) is 13.0 Å². The van der Waals surface area contributed by atoms with E-state index in [0.717, 1.165) is 10.6 Å². The number of amides is 1. The summed E-state index contributed by atoms with van der Waals surface area (Å²) in [5.74, 6) is -0.0356. The van der Waals surface area contributed by atoms with Crippen LogP contribution in [-0.4, -0.2) is 54.0 Å². The maximum absolute atomic E-state index is 12.0. The Labute approximate surface area is 131 Å². The van der Waals surface area contributed by atoms with Gasteiger partial charge in [-0.3, -0.25) is 9.10 Å². The topological polar surface area (TPSA) is 84.9 Å². The standard InChI is InChI=1S/C14H22N2O5S/c1-11(10-20-2)15-14(17)9-16(22(4,18)19)12-7-5-6-8-13(12)21-3/h5-8,11H,9-10H2,1-4H3,(H,15,17)/t11-/m1/s1. The van der Waals surface area contributed by atoms with Crippen molar-refractivity contribution in [2.24, 2.45) is 0 Å². The number of nitrogens with zero attached hydrogens (tertiary/aromatic N) is 1. The third-order valence-electron chi connectivity index (χ3n) is 2.87. The Morgan fingerprint density at radius 2 is 1.95 bits per heavy atom. The van der Waals surface area contributed by atoms with Gasteiger partial charge in [-0.05, 0) is 19.1 Å². The number of rotatable bonds is 8. The fraction of sp³-hybridized carbons (Fsp3) is 0.500. The van der Waals surface area contributed by atoms with Gasteiger partial charge >= 0.3 is 0 Å². The molecule has 1 N–H and O–H groups in total. The second-order valence-corrected chi connectivity index (χ2v) is 6.77. The molecule has 1 atom stereocenters. The van der Waals surface area contributed by atoms with Gasteiger partial charge in [0.05, 0.1) is 25.7 Å². The molecule has 0 saturated carbocycles. The van der Waals surface area contributed by atoms with E-state index in [-0.39, 0.29) is 12.6 Å². The first-order valence-corrected chi connectivity index (χ1v) is 8.53. The number of hydrogen-bond donors (Lipinski definition) is 1. The first-order chi connectivity index (χ1) is 10.3. The molecule has 1 aromatic rings. The van der Waals surface area contributed by atoms with E-state index in [0.29, 0.717) is 18.0 Å². The van der Waals surface area contributed by atoms with Crippen molar-refractivity contribution in [3.05, 3.63) is 24.3 Å². The van der Waals surface area contributed by atoms with Crippen LogP contribution in [0.2, 0.25) is 0 Å². The lowest BCUT2D eigenvalue weighted by Gasteiger charge is -2.24. The number of methoxy groups -OCH3 is 2. The molecular weight excluding hydrogens is 308 g/mol. The Bertz CT molecular complexity index is 603. The van der Waals surface area contributed by atoms with Gasteiger partial charge in [0.25, 0.3) is 0 Å². The average molecular weight is 330 g/mol. The van der Waals surface area contributed by atoms with Gasteiger partial charge in [0, 0.05) is 13.2 Å². The Morgan fingerprint density at radius 1 is 1.32 bits per heavy atom. The van der Waals surface area contributed by atoms with E-state index >= 15 is 0 Å². The molecule has 0 aliphatic carbocycles.